The molecule has 26 heavy (non-hydrogen) atoms. The van der Waals surface area contributed by atoms with Crippen LogP contribution in [-0.2, 0) is 6.54 Å². The van der Waals surface area contributed by atoms with Crippen molar-refractivity contribution < 1.29 is 4.79 Å². The normalized spacial score (nSPS) is 16.0. The number of fused-ring (bicyclic) bond motifs is 1. The minimum atomic E-state index is -0.111. The topological polar surface area (TPSA) is 54.3 Å². The number of carbonyl (C=O) groups excluding carboxylic acids is 1. The van der Waals surface area contributed by atoms with Gasteiger partial charge in [0.15, 0.2) is 0 Å². The number of rotatable bonds is 3. The molecule has 6 heteroatoms. The molecular weight excluding hydrogens is 326 g/mol. The van der Waals surface area contributed by atoms with Crippen molar-refractivity contribution in [1.29, 1.82) is 0 Å². The lowest BCUT2D eigenvalue weighted by Crippen LogP contribution is -2.46. The Hall–Kier alpha value is -2.73. The van der Waals surface area contributed by atoms with Gasteiger partial charge in [0, 0.05) is 32.7 Å². The van der Waals surface area contributed by atoms with Crippen molar-refractivity contribution in [1.82, 2.24) is 24.8 Å². The van der Waals surface area contributed by atoms with Gasteiger partial charge in [0.25, 0.3) is 0 Å². The minimum Gasteiger partial charge on any atom is -0.323 e. The highest BCUT2D eigenvalue weighted by atomic mass is 16.2. The zero-order valence-electron chi connectivity index (χ0n) is 15.0. The molecule has 0 bridgehead atoms. The van der Waals surface area contributed by atoms with Crippen LogP contribution in [0.4, 0.5) is 4.79 Å². The van der Waals surface area contributed by atoms with Crippen molar-refractivity contribution in [3.8, 4) is 0 Å². The van der Waals surface area contributed by atoms with Crippen LogP contribution in [0.3, 0.4) is 0 Å². The van der Waals surface area contributed by atoms with Crippen LogP contribution < -0.4 is 0 Å². The molecule has 1 aliphatic rings. The Labute approximate surface area is 153 Å². The number of piperidine rings is 1. The Morgan fingerprint density at radius 3 is 2.54 bits per heavy atom. The van der Waals surface area contributed by atoms with Crippen molar-refractivity contribution in [3.05, 3.63) is 60.2 Å². The first kappa shape index (κ1) is 16.7. The van der Waals surface area contributed by atoms with E-state index in [2.05, 4.69) is 39.5 Å². The summed E-state index contributed by atoms with van der Waals surface area (Å²) in [6, 6.07) is 18.2. The van der Waals surface area contributed by atoms with E-state index in [1.807, 2.05) is 42.3 Å². The molecule has 1 fully saturated rings. The molecule has 3 aromatic rings. The van der Waals surface area contributed by atoms with E-state index in [4.69, 9.17) is 0 Å². The van der Waals surface area contributed by atoms with Crippen LogP contribution in [0.1, 0.15) is 18.4 Å². The van der Waals surface area contributed by atoms with Gasteiger partial charge >= 0.3 is 6.03 Å². The Kier molecular flexibility index (Phi) is 4.67. The van der Waals surface area contributed by atoms with E-state index >= 15 is 0 Å². The van der Waals surface area contributed by atoms with Gasteiger partial charge in [0.1, 0.15) is 5.52 Å². The minimum absolute atomic E-state index is 0.111. The molecule has 1 aliphatic heterocycles. The van der Waals surface area contributed by atoms with Crippen molar-refractivity contribution in [2.45, 2.75) is 25.4 Å². The number of benzene rings is 2. The van der Waals surface area contributed by atoms with E-state index in [-0.39, 0.29) is 12.1 Å². The molecule has 1 aromatic heterocycles. The van der Waals surface area contributed by atoms with E-state index in [1.165, 1.54) is 10.2 Å². The summed E-state index contributed by atoms with van der Waals surface area (Å²) < 4.78 is 1.41. The van der Waals surface area contributed by atoms with Crippen molar-refractivity contribution in [3.63, 3.8) is 0 Å². The fourth-order valence-electron chi connectivity index (χ4n) is 3.62. The van der Waals surface area contributed by atoms with Gasteiger partial charge in [-0.2, -0.15) is 4.68 Å². The number of hydrogen-bond acceptors (Lipinski definition) is 4. The van der Waals surface area contributed by atoms with Gasteiger partial charge in [0.05, 0.1) is 5.52 Å². The van der Waals surface area contributed by atoms with E-state index in [1.54, 1.807) is 0 Å². The second kappa shape index (κ2) is 7.25. The van der Waals surface area contributed by atoms with Gasteiger partial charge in [-0.15, -0.1) is 5.10 Å². The maximum atomic E-state index is 12.9. The van der Waals surface area contributed by atoms with Gasteiger partial charge in [0.2, 0.25) is 0 Å². The molecule has 1 saturated heterocycles. The fourth-order valence-corrected chi connectivity index (χ4v) is 3.62. The second-order valence-corrected chi connectivity index (χ2v) is 6.88. The third-order valence-corrected chi connectivity index (χ3v) is 5.19. The number of amides is 1. The molecule has 0 atom stereocenters. The van der Waals surface area contributed by atoms with E-state index < -0.39 is 0 Å². The molecule has 0 spiro atoms. The number of hydrogen-bond donors (Lipinski definition) is 0. The summed E-state index contributed by atoms with van der Waals surface area (Å²) in [6.45, 7) is 2.96. The number of carbonyl (C=O) groups is 1. The third kappa shape index (κ3) is 3.32. The molecule has 0 radical (unpaired) electrons. The van der Waals surface area contributed by atoms with E-state index in [0.29, 0.717) is 0 Å². The van der Waals surface area contributed by atoms with E-state index in [9.17, 15) is 4.79 Å². The molecule has 4 rings (SSSR count). The predicted octanol–water partition coefficient (Wildman–Crippen LogP) is 3.00. The van der Waals surface area contributed by atoms with Gasteiger partial charge < -0.3 is 4.90 Å². The summed E-state index contributed by atoms with van der Waals surface area (Å²) in [5, 5.41) is 8.13. The molecule has 0 unspecified atom stereocenters. The summed E-state index contributed by atoms with van der Waals surface area (Å²) in [5.74, 6) is 0. The lowest BCUT2D eigenvalue weighted by Gasteiger charge is -2.36. The average Bonchev–Trinajstić information content (AvgIpc) is 3.12. The predicted molar refractivity (Wildman–Crippen MR) is 101 cm³/mol. The highest BCUT2D eigenvalue weighted by Gasteiger charge is 2.27. The van der Waals surface area contributed by atoms with Crippen LogP contribution in [0.5, 0.6) is 0 Å². The first-order valence-electron chi connectivity index (χ1n) is 9.06. The van der Waals surface area contributed by atoms with E-state index in [0.717, 1.165) is 43.5 Å². The maximum absolute atomic E-state index is 12.9. The van der Waals surface area contributed by atoms with Crippen LogP contribution >= 0.6 is 0 Å². The summed E-state index contributed by atoms with van der Waals surface area (Å²) in [5.41, 5.74) is 2.84. The molecule has 6 nitrogen and oxygen atoms in total. The number of nitrogens with zero attached hydrogens (tertiary/aromatic N) is 5. The molecule has 0 N–H and O–H groups in total. The van der Waals surface area contributed by atoms with Gasteiger partial charge in [-0.1, -0.05) is 47.7 Å². The lowest BCUT2D eigenvalue weighted by atomic mass is 10.0. The summed E-state index contributed by atoms with van der Waals surface area (Å²) >= 11 is 0. The third-order valence-electron chi connectivity index (χ3n) is 5.19. The first-order chi connectivity index (χ1) is 12.7. The van der Waals surface area contributed by atoms with Crippen LogP contribution in [0.25, 0.3) is 11.0 Å². The summed E-state index contributed by atoms with van der Waals surface area (Å²) in [4.78, 5) is 17.1. The average molecular weight is 349 g/mol. The van der Waals surface area contributed by atoms with Gasteiger partial charge in [-0.3, -0.25) is 4.90 Å². The van der Waals surface area contributed by atoms with Crippen LogP contribution in [0, 0.1) is 0 Å². The highest BCUT2D eigenvalue weighted by molar-refractivity contribution is 5.87. The first-order valence-corrected chi connectivity index (χ1v) is 9.06. The fraction of sp³-hybridized carbons (Fsp3) is 0.350. The number of likely N-dealkylation sites (tertiary alicyclic amines) is 1. The highest BCUT2D eigenvalue weighted by Crippen LogP contribution is 2.19. The SMILES string of the molecule is CN(C(=O)n1nnc2ccccc21)C1CCN(Cc2ccccc2)CC1. The molecular formula is C20H23N5O. The van der Waals surface area contributed by atoms with Crippen LogP contribution in [-0.4, -0.2) is 57.0 Å². The summed E-state index contributed by atoms with van der Waals surface area (Å²) in [6.07, 6.45) is 1.95. The zero-order chi connectivity index (χ0) is 17.9. The maximum Gasteiger partial charge on any atom is 0.346 e. The number of para-hydroxylation sites is 1. The standard InChI is InChI=1S/C20H23N5O/c1-23(20(26)25-19-10-6-5-9-18(19)21-22-25)17-11-13-24(14-12-17)15-16-7-3-2-4-8-16/h2-10,17H,11-15H2,1H3. The summed E-state index contributed by atoms with van der Waals surface area (Å²) in [7, 11) is 1.87. The largest absolute Gasteiger partial charge is 0.346 e. The molecule has 0 aliphatic carbocycles. The molecule has 0 saturated carbocycles. The smallest absolute Gasteiger partial charge is 0.323 e. The zero-order valence-corrected chi connectivity index (χ0v) is 15.0. The van der Waals surface area contributed by atoms with Crippen molar-refractivity contribution in [2.75, 3.05) is 20.1 Å². The second-order valence-electron chi connectivity index (χ2n) is 6.88. The molecule has 1 amide bonds. The monoisotopic (exact) mass is 349 g/mol. The Bertz CT molecular complexity index is 883. The van der Waals surface area contributed by atoms with Crippen molar-refractivity contribution >= 4 is 17.1 Å². The van der Waals surface area contributed by atoms with Gasteiger partial charge in [-0.25, -0.2) is 4.79 Å². The Morgan fingerprint density at radius 2 is 1.77 bits per heavy atom. The Morgan fingerprint density at radius 1 is 1.08 bits per heavy atom. The van der Waals surface area contributed by atoms with Gasteiger partial charge in [-0.05, 0) is 30.5 Å². The lowest BCUT2D eigenvalue weighted by molar-refractivity contribution is 0.130. The van der Waals surface area contributed by atoms with Crippen LogP contribution in [0.2, 0.25) is 0 Å². The van der Waals surface area contributed by atoms with Crippen LogP contribution in [0.15, 0.2) is 54.6 Å². The Balaban J connectivity index is 1.39. The van der Waals surface area contributed by atoms with Crippen molar-refractivity contribution in [2.24, 2.45) is 0 Å². The molecule has 2 heterocycles. The number of aromatic nitrogens is 3. The molecule has 134 valence electrons. The molecule has 2 aromatic carbocycles. The quantitative estimate of drug-likeness (QED) is 0.729.